The SMILES string of the molecule is CSc1cccc(NC(=O)COC(=O)CCc2c(C)nn(C)c2C)c1. The molecule has 0 spiro atoms. The number of carbonyl (C=O) groups excluding carboxylic acids is 2. The Kier molecular flexibility index (Phi) is 6.64. The van der Waals surface area contributed by atoms with Crippen LogP contribution in [0.4, 0.5) is 5.69 Å². The summed E-state index contributed by atoms with van der Waals surface area (Å²) >= 11 is 1.59. The van der Waals surface area contributed by atoms with Crippen molar-refractivity contribution in [2.24, 2.45) is 7.05 Å². The summed E-state index contributed by atoms with van der Waals surface area (Å²) in [7, 11) is 1.88. The van der Waals surface area contributed by atoms with Gasteiger partial charge in [0.15, 0.2) is 6.61 Å². The molecule has 1 aromatic carbocycles. The molecule has 1 aromatic heterocycles. The first-order valence-corrected chi connectivity index (χ1v) is 9.21. The van der Waals surface area contributed by atoms with Gasteiger partial charge in [0.25, 0.3) is 5.91 Å². The molecule has 0 radical (unpaired) electrons. The van der Waals surface area contributed by atoms with Crippen molar-refractivity contribution in [2.75, 3.05) is 18.2 Å². The highest BCUT2D eigenvalue weighted by Crippen LogP contribution is 2.19. The molecule has 2 rings (SSSR count). The van der Waals surface area contributed by atoms with Crippen LogP contribution in [0.3, 0.4) is 0 Å². The minimum atomic E-state index is -0.393. The number of hydrogen-bond donors (Lipinski definition) is 1. The molecule has 7 heteroatoms. The van der Waals surface area contributed by atoms with Gasteiger partial charge in [0.2, 0.25) is 0 Å². The molecule has 0 aliphatic carbocycles. The minimum Gasteiger partial charge on any atom is -0.456 e. The third-order valence-electron chi connectivity index (χ3n) is 3.96. The molecule has 134 valence electrons. The lowest BCUT2D eigenvalue weighted by atomic mass is 10.1. The maximum Gasteiger partial charge on any atom is 0.306 e. The Balaban J connectivity index is 1.78. The molecule has 0 atom stereocenters. The number of anilines is 1. The second kappa shape index (κ2) is 8.71. The van der Waals surface area contributed by atoms with Crippen molar-refractivity contribution in [3.63, 3.8) is 0 Å². The molecular weight excluding hydrogens is 338 g/mol. The lowest BCUT2D eigenvalue weighted by molar-refractivity contribution is -0.147. The van der Waals surface area contributed by atoms with E-state index in [9.17, 15) is 9.59 Å². The highest BCUT2D eigenvalue weighted by molar-refractivity contribution is 7.98. The zero-order chi connectivity index (χ0) is 18.4. The Hall–Kier alpha value is -2.28. The van der Waals surface area contributed by atoms with Crippen molar-refractivity contribution < 1.29 is 14.3 Å². The number of ether oxygens (including phenoxy) is 1. The molecular formula is C18H23N3O3S. The summed E-state index contributed by atoms with van der Waals surface area (Å²) in [5.74, 6) is -0.740. The summed E-state index contributed by atoms with van der Waals surface area (Å²) in [5, 5.41) is 7.05. The number of aromatic nitrogens is 2. The topological polar surface area (TPSA) is 73.2 Å². The molecule has 0 unspecified atom stereocenters. The highest BCUT2D eigenvalue weighted by atomic mass is 32.2. The van der Waals surface area contributed by atoms with Gasteiger partial charge in [-0.3, -0.25) is 14.3 Å². The van der Waals surface area contributed by atoms with Crippen LogP contribution in [0.1, 0.15) is 23.4 Å². The number of amides is 1. The van der Waals surface area contributed by atoms with Gasteiger partial charge in [-0.2, -0.15) is 5.10 Å². The molecule has 6 nitrogen and oxygen atoms in total. The number of carbonyl (C=O) groups is 2. The number of thioether (sulfide) groups is 1. The van der Waals surface area contributed by atoms with Gasteiger partial charge < -0.3 is 10.1 Å². The monoisotopic (exact) mass is 361 g/mol. The first-order chi connectivity index (χ1) is 11.9. The number of nitrogens with one attached hydrogen (secondary N) is 1. The second-order valence-electron chi connectivity index (χ2n) is 5.71. The van der Waals surface area contributed by atoms with Crippen LogP contribution in [-0.4, -0.2) is 34.5 Å². The van der Waals surface area contributed by atoms with E-state index in [1.807, 2.05) is 45.4 Å². The van der Waals surface area contributed by atoms with Crippen molar-refractivity contribution in [1.82, 2.24) is 9.78 Å². The van der Waals surface area contributed by atoms with Crippen molar-refractivity contribution in [3.05, 3.63) is 41.2 Å². The van der Waals surface area contributed by atoms with Crippen molar-refractivity contribution in [2.45, 2.75) is 31.6 Å². The number of aryl methyl sites for hydroxylation is 2. The lowest BCUT2D eigenvalue weighted by Crippen LogP contribution is -2.21. The van der Waals surface area contributed by atoms with Gasteiger partial charge in [0.05, 0.1) is 5.69 Å². The van der Waals surface area contributed by atoms with E-state index in [-0.39, 0.29) is 18.9 Å². The molecule has 0 saturated carbocycles. The average Bonchev–Trinajstić information content (AvgIpc) is 2.83. The predicted molar refractivity (Wildman–Crippen MR) is 98.8 cm³/mol. The molecule has 25 heavy (non-hydrogen) atoms. The zero-order valence-corrected chi connectivity index (χ0v) is 15.8. The fourth-order valence-electron chi connectivity index (χ4n) is 2.52. The van der Waals surface area contributed by atoms with Gasteiger partial charge in [-0.25, -0.2) is 0 Å². The first kappa shape index (κ1) is 19.1. The van der Waals surface area contributed by atoms with Crippen molar-refractivity contribution in [1.29, 1.82) is 0 Å². The average molecular weight is 361 g/mol. The van der Waals surface area contributed by atoms with Crippen LogP contribution in [0, 0.1) is 13.8 Å². The van der Waals surface area contributed by atoms with Crippen LogP contribution in [0.5, 0.6) is 0 Å². The minimum absolute atomic E-state index is 0.225. The molecule has 0 bridgehead atoms. The molecule has 0 aliphatic rings. The number of benzene rings is 1. The van der Waals surface area contributed by atoms with E-state index < -0.39 is 5.97 Å². The third kappa shape index (κ3) is 5.35. The lowest BCUT2D eigenvalue weighted by Gasteiger charge is -2.08. The quantitative estimate of drug-likeness (QED) is 0.606. The van der Waals surface area contributed by atoms with E-state index in [2.05, 4.69) is 10.4 Å². The smallest absolute Gasteiger partial charge is 0.306 e. The molecule has 1 N–H and O–H groups in total. The first-order valence-electron chi connectivity index (χ1n) is 7.99. The van der Waals surface area contributed by atoms with Crippen LogP contribution >= 0.6 is 11.8 Å². The zero-order valence-electron chi connectivity index (χ0n) is 15.0. The fraction of sp³-hybridized carbons (Fsp3) is 0.389. The van der Waals surface area contributed by atoms with Gasteiger partial charge in [-0.05, 0) is 50.3 Å². The Morgan fingerprint density at radius 3 is 2.72 bits per heavy atom. The predicted octanol–water partition coefficient (Wildman–Crippen LogP) is 2.87. The van der Waals surface area contributed by atoms with Gasteiger partial charge in [0.1, 0.15) is 0 Å². The van der Waals surface area contributed by atoms with E-state index in [4.69, 9.17) is 4.74 Å². The van der Waals surface area contributed by atoms with E-state index in [0.717, 1.165) is 21.8 Å². The summed E-state index contributed by atoms with van der Waals surface area (Å²) in [4.78, 5) is 24.8. The van der Waals surface area contributed by atoms with E-state index in [1.54, 1.807) is 22.5 Å². The maximum absolute atomic E-state index is 11.9. The molecule has 2 aromatic rings. The summed E-state index contributed by atoms with van der Waals surface area (Å²) < 4.78 is 6.86. The number of nitrogens with zero attached hydrogens (tertiary/aromatic N) is 2. The normalized spacial score (nSPS) is 10.6. The van der Waals surface area contributed by atoms with Crippen LogP contribution < -0.4 is 5.32 Å². The van der Waals surface area contributed by atoms with Gasteiger partial charge in [0, 0.05) is 29.7 Å². The molecule has 1 amide bonds. The van der Waals surface area contributed by atoms with Crippen molar-refractivity contribution in [3.8, 4) is 0 Å². The van der Waals surface area contributed by atoms with Crippen molar-refractivity contribution >= 4 is 29.3 Å². The Bertz CT molecular complexity index is 771. The van der Waals surface area contributed by atoms with Gasteiger partial charge >= 0.3 is 5.97 Å². The fourth-order valence-corrected chi connectivity index (χ4v) is 2.98. The van der Waals surface area contributed by atoms with E-state index in [0.29, 0.717) is 12.1 Å². The van der Waals surface area contributed by atoms with Gasteiger partial charge in [-0.1, -0.05) is 6.07 Å². The molecule has 1 heterocycles. The highest BCUT2D eigenvalue weighted by Gasteiger charge is 2.13. The third-order valence-corrected chi connectivity index (χ3v) is 4.68. The van der Waals surface area contributed by atoms with Crippen LogP contribution in [0.25, 0.3) is 0 Å². The van der Waals surface area contributed by atoms with E-state index in [1.165, 1.54) is 0 Å². The number of esters is 1. The van der Waals surface area contributed by atoms with Gasteiger partial charge in [-0.15, -0.1) is 11.8 Å². The second-order valence-corrected chi connectivity index (χ2v) is 6.59. The summed E-state index contributed by atoms with van der Waals surface area (Å²) in [6.07, 6.45) is 2.75. The van der Waals surface area contributed by atoms with Crippen LogP contribution in [-0.2, 0) is 27.8 Å². The molecule has 0 aliphatic heterocycles. The molecule has 0 fully saturated rings. The maximum atomic E-state index is 11.9. The number of rotatable bonds is 7. The van der Waals surface area contributed by atoms with Crippen LogP contribution in [0.15, 0.2) is 29.2 Å². The Morgan fingerprint density at radius 1 is 1.32 bits per heavy atom. The number of hydrogen-bond acceptors (Lipinski definition) is 5. The Morgan fingerprint density at radius 2 is 2.08 bits per heavy atom. The van der Waals surface area contributed by atoms with E-state index >= 15 is 0 Å². The molecule has 0 saturated heterocycles. The largest absolute Gasteiger partial charge is 0.456 e. The van der Waals surface area contributed by atoms with Crippen LogP contribution in [0.2, 0.25) is 0 Å². The summed E-state index contributed by atoms with van der Waals surface area (Å²) in [6, 6.07) is 7.50. The summed E-state index contributed by atoms with van der Waals surface area (Å²) in [6.45, 7) is 3.61. The Labute approximate surface area is 151 Å². The summed E-state index contributed by atoms with van der Waals surface area (Å²) in [5.41, 5.74) is 3.70. The standard InChI is InChI=1S/C18H23N3O3S/c1-12-16(13(2)21(3)20-12)8-9-18(23)24-11-17(22)19-14-6-5-7-15(10-14)25-4/h5-7,10H,8-9,11H2,1-4H3,(H,19,22).